The number of hydrogen-bond acceptors (Lipinski definition) is 5. The van der Waals surface area contributed by atoms with E-state index < -0.39 is 11.9 Å². The van der Waals surface area contributed by atoms with Gasteiger partial charge in [-0.15, -0.1) is 0 Å². The molecule has 0 aliphatic carbocycles. The van der Waals surface area contributed by atoms with Gasteiger partial charge in [-0.3, -0.25) is 0 Å². The second-order valence-electron chi connectivity index (χ2n) is 6.14. The molecule has 3 aromatic rings. The maximum Gasteiger partial charge on any atom is 0.363 e. The van der Waals surface area contributed by atoms with Crippen LogP contribution in [0.5, 0.6) is 5.75 Å². The summed E-state index contributed by atoms with van der Waals surface area (Å²) >= 11 is 6.01. The fraction of sp³-hybridized carbons (Fsp3) is 0. The smallest absolute Gasteiger partial charge is 0.363 e. The van der Waals surface area contributed by atoms with Crippen LogP contribution in [0.25, 0.3) is 6.08 Å². The van der Waals surface area contributed by atoms with Crippen molar-refractivity contribution in [1.29, 1.82) is 0 Å². The van der Waals surface area contributed by atoms with Gasteiger partial charge >= 0.3 is 11.9 Å². The van der Waals surface area contributed by atoms with E-state index in [2.05, 4.69) is 4.99 Å². The van der Waals surface area contributed by atoms with Gasteiger partial charge in [0.2, 0.25) is 5.90 Å². The van der Waals surface area contributed by atoms with E-state index >= 15 is 0 Å². The molecule has 0 unspecified atom stereocenters. The van der Waals surface area contributed by atoms with E-state index in [1.54, 1.807) is 54.6 Å². The summed E-state index contributed by atoms with van der Waals surface area (Å²) in [6, 6.07) is 22.5. The Balaban J connectivity index is 1.49. The van der Waals surface area contributed by atoms with Crippen molar-refractivity contribution < 1.29 is 19.1 Å². The molecule has 3 aromatic carbocycles. The maximum atomic E-state index is 12.2. The molecule has 142 valence electrons. The number of carbonyl (C=O) groups excluding carboxylic acids is 2. The molecule has 0 aromatic heterocycles. The first-order valence-corrected chi connectivity index (χ1v) is 9.13. The Labute approximate surface area is 171 Å². The molecule has 0 N–H and O–H groups in total. The van der Waals surface area contributed by atoms with Gasteiger partial charge in [-0.2, -0.15) is 0 Å². The maximum absolute atomic E-state index is 12.2. The Bertz CT molecular complexity index is 1140. The summed E-state index contributed by atoms with van der Waals surface area (Å²) in [5.41, 5.74) is 1.93. The zero-order chi connectivity index (χ0) is 20.2. The molecule has 0 saturated heterocycles. The van der Waals surface area contributed by atoms with Crippen LogP contribution in [0.15, 0.2) is 89.6 Å². The van der Waals surface area contributed by atoms with Gasteiger partial charge < -0.3 is 9.47 Å². The first-order chi connectivity index (χ1) is 14.1. The fourth-order valence-corrected chi connectivity index (χ4v) is 2.90. The van der Waals surface area contributed by atoms with Gasteiger partial charge in [-0.25, -0.2) is 14.6 Å². The fourth-order valence-electron chi connectivity index (χ4n) is 2.69. The minimum Gasteiger partial charge on any atom is -0.423 e. The highest BCUT2D eigenvalue weighted by Crippen LogP contribution is 2.22. The molecule has 0 atom stereocenters. The lowest BCUT2D eigenvalue weighted by Crippen LogP contribution is -2.08. The summed E-state index contributed by atoms with van der Waals surface area (Å²) in [4.78, 5) is 28.6. The SMILES string of the molecule is O=C1OC(c2ccccc2)=N/C1=C\c1ccc(OC(=O)c2ccccc2Cl)cc1. The van der Waals surface area contributed by atoms with Crippen molar-refractivity contribution in [3.8, 4) is 5.75 Å². The molecule has 0 radical (unpaired) electrons. The highest BCUT2D eigenvalue weighted by molar-refractivity contribution is 6.33. The Hall–Kier alpha value is -3.70. The Kier molecular flexibility index (Phi) is 5.22. The van der Waals surface area contributed by atoms with Crippen LogP contribution in [0.2, 0.25) is 5.02 Å². The van der Waals surface area contributed by atoms with Gasteiger partial charge in [-0.1, -0.05) is 54.1 Å². The minimum absolute atomic E-state index is 0.199. The quantitative estimate of drug-likeness (QED) is 0.353. The highest BCUT2D eigenvalue weighted by Gasteiger charge is 2.23. The third kappa shape index (κ3) is 4.25. The molecular weight excluding hydrogens is 390 g/mol. The lowest BCUT2D eigenvalue weighted by atomic mass is 10.2. The zero-order valence-corrected chi connectivity index (χ0v) is 15.8. The molecule has 1 aliphatic rings. The highest BCUT2D eigenvalue weighted by atomic mass is 35.5. The summed E-state index contributed by atoms with van der Waals surface area (Å²) < 4.78 is 10.6. The Morgan fingerprint density at radius 3 is 2.34 bits per heavy atom. The number of benzene rings is 3. The van der Waals surface area contributed by atoms with Gasteiger partial charge in [0.25, 0.3) is 0 Å². The number of ether oxygens (including phenoxy) is 2. The van der Waals surface area contributed by atoms with E-state index in [9.17, 15) is 9.59 Å². The summed E-state index contributed by atoms with van der Waals surface area (Å²) in [5, 5.41) is 0.325. The van der Waals surface area contributed by atoms with E-state index in [4.69, 9.17) is 21.1 Å². The summed E-state index contributed by atoms with van der Waals surface area (Å²) in [7, 11) is 0. The van der Waals surface area contributed by atoms with Crippen LogP contribution in [0.4, 0.5) is 0 Å². The number of rotatable bonds is 4. The van der Waals surface area contributed by atoms with Gasteiger partial charge in [0.1, 0.15) is 5.75 Å². The van der Waals surface area contributed by atoms with Crippen LogP contribution in [0.1, 0.15) is 21.5 Å². The second kappa shape index (κ2) is 8.12. The molecule has 0 spiro atoms. The molecule has 0 amide bonds. The predicted octanol–water partition coefficient (Wildman–Crippen LogP) is 4.90. The van der Waals surface area contributed by atoms with Crippen molar-refractivity contribution in [2.75, 3.05) is 0 Å². The average molecular weight is 404 g/mol. The summed E-state index contributed by atoms with van der Waals surface area (Å²) in [6.07, 6.45) is 1.61. The number of esters is 2. The number of cyclic esters (lactones) is 1. The second-order valence-corrected chi connectivity index (χ2v) is 6.55. The van der Waals surface area contributed by atoms with Crippen molar-refractivity contribution in [2.45, 2.75) is 0 Å². The first kappa shape index (κ1) is 18.7. The molecule has 6 heteroatoms. The van der Waals surface area contributed by atoms with Crippen molar-refractivity contribution in [2.24, 2.45) is 4.99 Å². The van der Waals surface area contributed by atoms with Crippen molar-refractivity contribution in [3.05, 3.63) is 106 Å². The average Bonchev–Trinajstić information content (AvgIpc) is 3.11. The lowest BCUT2D eigenvalue weighted by molar-refractivity contribution is -0.129. The largest absolute Gasteiger partial charge is 0.423 e. The minimum atomic E-state index is -0.543. The summed E-state index contributed by atoms with van der Waals surface area (Å²) in [5.74, 6) is -0.428. The van der Waals surface area contributed by atoms with Crippen molar-refractivity contribution in [1.82, 2.24) is 0 Å². The standard InChI is InChI=1S/C23H14ClNO4/c24-19-9-5-4-8-18(19)22(26)28-17-12-10-15(11-13-17)14-20-23(27)29-21(25-20)16-6-2-1-3-7-16/h1-14H/b20-14-. The van der Waals surface area contributed by atoms with E-state index in [1.165, 1.54) is 0 Å². The van der Waals surface area contributed by atoms with E-state index in [0.29, 0.717) is 16.3 Å². The Morgan fingerprint density at radius 2 is 1.62 bits per heavy atom. The molecule has 29 heavy (non-hydrogen) atoms. The molecule has 0 fully saturated rings. The van der Waals surface area contributed by atoms with Crippen LogP contribution in [0.3, 0.4) is 0 Å². The predicted molar refractivity (Wildman–Crippen MR) is 110 cm³/mol. The monoisotopic (exact) mass is 403 g/mol. The van der Waals surface area contributed by atoms with E-state index in [1.807, 2.05) is 30.3 Å². The van der Waals surface area contributed by atoms with Gasteiger partial charge in [0, 0.05) is 5.56 Å². The molecule has 0 bridgehead atoms. The third-order valence-electron chi connectivity index (χ3n) is 4.13. The number of hydrogen-bond donors (Lipinski definition) is 0. The first-order valence-electron chi connectivity index (χ1n) is 8.75. The van der Waals surface area contributed by atoms with Crippen LogP contribution in [0, 0.1) is 0 Å². The number of carbonyl (C=O) groups is 2. The Morgan fingerprint density at radius 1 is 0.931 bits per heavy atom. The number of halogens is 1. The molecule has 0 saturated carbocycles. The van der Waals surface area contributed by atoms with Crippen LogP contribution in [-0.2, 0) is 9.53 Å². The molecule has 5 nitrogen and oxygen atoms in total. The van der Waals surface area contributed by atoms with Crippen molar-refractivity contribution in [3.63, 3.8) is 0 Å². The van der Waals surface area contributed by atoms with E-state index in [-0.39, 0.29) is 17.2 Å². The zero-order valence-electron chi connectivity index (χ0n) is 15.0. The van der Waals surface area contributed by atoms with Crippen LogP contribution in [-0.4, -0.2) is 17.8 Å². The number of nitrogens with zero attached hydrogens (tertiary/aromatic N) is 1. The molecule has 1 aliphatic heterocycles. The number of aliphatic imine (C=N–C) groups is 1. The lowest BCUT2D eigenvalue weighted by Gasteiger charge is -2.06. The topological polar surface area (TPSA) is 65.0 Å². The third-order valence-corrected chi connectivity index (χ3v) is 4.46. The van der Waals surface area contributed by atoms with Gasteiger partial charge in [0.05, 0.1) is 10.6 Å². The van der Waals surface area contributed by atoms with Crippen molar-refractivity contribution >= 4 is 35.5 Å². The van der Waals surface area contributed by atoms with Gasteiger partial charge in [0.15, 0.2) is 5.70 Å². The summed E-state index contributed by atoms with van der Waals surface area (Å²) in [6.45, 7) is 0. The van der Waals surface area contributed by atoms with Crippen LogP contribution < -0.4 is 4.74 Å². The van der Waals surface area contributed by atoms with E-state index in [0.717, 1.165) is 5.56 Å². The molecule has 1 heterocycles. The normalized spacial score (nSPS) is 14.4. The molecule has 4 rings (SSSR count). The molecular formula is C23H14ClNO4. The van der Waals surface area contributed by atoms with Crippen LogP contribution >= 0.6 is 11.6 Å². The van der Waals surface area contributed by atoms with Gasteiger partial charge in [-0.05, 0) is 48.0 Å².